The Kier molecular flexibility index (Phi) is 6.44. The van der Waals surface area contributed by atoms with E-state index in [2.05, 4.69) is 44.1 Å². The van der Waals surface area contributed by atoms with Crippen molar-refractivity contribution in [2.75, 3.05) is 0 Å². The van der Waals surface area contributed by atoms with E-state index in [-0.39, 0.29) is 0 Å². The second-order valence-corrected chi connectivity index (χ2v) is 5.32. The number of hydrogen-bond acceptors (Lipinski definition) is 1. The average molecular weight is 269 g/mol. The molecule has 0 amide bonds. The molecule has 1 heterocycles. The first-order chi connectivity index (χ1) is 9.51. The normalized spacial score (nSPS) is 11.5. The SMILES string of the molecule is C=C(CCC)/C(=C\CCC)C(=C)c1ccc(C)nc1C. The van der Waals surface area contributed by atoms with Gasteiger partial charge in [-0.2, -0.15) is 0 Å². The molecule has 0 aliphatic rings. The van der Waals surface area contributed by atoms with Crippen molar-refractivity contribution < 1.29 is 0 Å². The number of aromatic nitrogens is 1. The molecule has 0 saturated carbocycles. The van der Waals surface area contributed by atoms with E-state index in [1.165, 1.54) is 11.1 Å². The fraction of sp³-hybridized carbons (Fsp3) is 0.421. The molecule has 0 aliphatic carbocycles. The van der Waals surface area contributed by atoms with Gasteiger partial charge in [-0.1, -0.05) is 52.0 Å². The van der Waals surface area contributed by atoms with Crippen molar-refractivity contribution in [3.05, 3.63) is 59.5 Å². The summed E-state index contributed by atoms with van der Waals surface area (Å²) in [5, 5.41) is 0. The van der Waals surface area contributed by atoms with Crippen molar-refractivity contribution in [2.24, 2.45) is 0 Å². The van der Waals surface area contributed by atoms with Crippen LogP contribution in [-0.2, 0) is 0 Å². The third-order valence-electron chi connectivity index (χ3n) is 3.45. The first kappa shape index (κ1) is 16.4. The number of aryl methyl sites for hydroxylation is 2. The van der Waals surface area contributed by atoms with Crippen LogP contribution in [0.2, 0.25) is 0 Å². The second kappa shape index (κ2) is 7.84. The van der Waals surface area contributed by atoms with Gasteiger partial charge in [0.05, 0.1) is 0 Å². The van der Waals surface area contributed by atoms with Gasteiger partial charge in [-0.25, -0.2) is 0 Å². The third kappa shape index (κ3) is 4.19. The van der Waals surface area contributed by atoms with Gasteiger partial charge in [0.25, 0.3) is 0 Å². The lowest BCUT2D eigenvalue weighted by atomic mass is 9.90. The topological polar surface area (TPSA) is 12.9 Å². The van der Waals surface area contributed by atoms with Gasteiger partial charge in [0.2, 0.25) is 0 Å². The highest BCUT2D eigenvalue weighted by molar-refractivity contribution is 5.82. The molecule has 1 aromatic heterocycles. The lowest BCUT2D eigenvalue weighted by Gasteiger charge is -2.16. The largest absolute Gasteiger partial charge is 0.258 e. The van der Waals surface area contributed by atoms with Crippen LogP contribution in [0, 0.1) is 13.8 Å². The molecule has 0 radical (unpaired) electrons. The Balaban J connectivity index is 3.13. The zero-order chi connectivity index (χ0) is 15.1. The Morgan fingerprint density at radius 3 is 2.40 bits per heavy atom. The molecule has 1 nitrogen and oxygen atoms in total. The van der Waals surface area contributed by atoms with E-state index in [0.717, 1.165) is 48.2 Å². The molecule has 0 spiro atoms. The van der Waals surface area contributed by atoms with E-state index in [0.29, 0.717) is 0 Å². The fourth-order valence-electron chi connectivity index (χ4n) is 2.36. The predicted octanol–water partition coefficient (Wildman–Crippen LogP) is 5.79. The molecular weight excluding hydrogens is 242 g/mol. The van der Waals surface area contributed by atoms with E-state index in [4.69, 9.17) is 0 Å². The van der Waals surface area contributed by atoms with E-state index >= 15 is 0 Å². The summed E-state index contributed by atoms with van der Waals surface area (Å²) in [6, 6.07) is 4.17. The summed E-state index contributed by atoms with van der Waals surface area (Å²) < 4.78 is 0. The Morgan fingerprint density at radius 1 is 1.15 bits per heavy atom. The number of hydrogen-bond donors (Lipinski definition) is 0. The molecule has 20 heavy (non-hydrogen) atoms. The molecular formula is C19H27N. The maximum atomic E-state index is 4.54. The summed E-state index contributed by atoms with van der Waals surface area (Å²) in [4.78, 5) is 4.54. The summed E-state index contributed by atoms with van der Waals surface area (Å²) in [6.45, 7) is 17.0. The fourth-order valence-corrected chi connectivity index (χ4v) is 2.36. The van der Waals surface area contributed by atoms with Crippen LogP contribution < -0.4 is 0 Å². The molecule has 108 valence electrons. The summed E-state index contributed by atoms with van der Waals surface area (Å²) in [5.74, 6) is 0. The molecule has 1 aromatic rings. The second-order valence-electron chi connectivity index (χ2n) is 5.32. The molecule has 0 aliphatic heterocycles. The molecule has 0 fully saturated rings. The van der Waals surface area contributed by atoms with Gasteiger partial charge < -0.3 is 0 Å². The molecule has 1 rings (SSSR count). The lowest BCUT2D eigenvalue weighted by molar-refractivity contribution is 0.910. The standard InChI is InChI=1S/C19H27N/c1-7-9-11-18(14(3)10-8-2)16(5)19-13-12-15(4)20-17(19)6/h11-13H,3,5,7-10H2,1-2,4,6H3/b18-11+. The van der Waals surface area contributed by atoms with Crippen LogP contribution in [0.3, 0.4) is 0 Å². The highest BCUT2D eigenvalue weighted by Crippen LogP contribution is 2.30. The van der Waals surface area contributed by atoms with Crippen LogP contribution in [0.4, 0.5) is 0 Å². The Bertz CT molecular complexity index is 521. The van der Waals surface area contributed by atoms with Gasteiger partial charge in [0.1, 0.15) is 0 Å². The van der Waals surface area contributed by atoms with Gasteiger partial charge >= 0.3 is 0 Å². The van der Waals surface area contributed by atoms with E-state index < -0.39 is 0 Å². The van der Waals surface area contributed by atoms with E-state index in [1.807, 2.05) is 19.9 Å². The quantitative estimate of drug-likeness (QED) is 0.570. The summed E-state index contributed by atoms with van der Waals surface area (Å²) in [6.07, 6.45) is 6.62. The molecule has 0 saturated heterocycles. The van der Waals surface area contributed by atoms with Crippen molar-refractivity contribution in [3.8, 4) is 0 Å². The molecule has 0 aromatic carbocycles. The first-order valence-corrected chi connectivity index (χ1v) is 7.53. The first-order valence-electron chi connectivity index (χ1n) is 7.53. The van der Waals surface area contributed by atoms with Crippen molar-refractivity contribution in [1.82, 2.24) is 4.98 Å². The molecule has 1 heteroatoms. The zero-order valence-corrected chi connectivity index (χ0v) is 13.4. The number of nitrogens with zero attached hydrogens (tertiary/aromatic N) is 1. The summed E-state index contributed by atoms with van der Waals surface area (Å²) >= 11 is 0. The van der Waals surface area contributed by atoms with Gasteiger partial charge in [-0.15, -0.1) is 0 Å². The van der Waals surface area contributed by atoms with Crippen molar-refractivity contribution >= 4 is 5.57 Å². The maximum Gasteiger partial charge on any atom is 0.0454 e. The zero-order valence-electron chi connectivity index (χ0n) is 13.4. The van der Waals surface area contributed by atoms with Crippen molar-refractivity contribution in [3.63, 3.8) is 0 Å². The Morgan fingerprint density at radius 2 is 1.85 bits per heavy atom. The van der Waals surface area contributed by atoms with Crippen molar-refractivity contribution in [2.45, 2.75) is 53.4 Å². The molecule has 0 unspecified atom stereocenters. The third-order valence-corrected chi connectivity index (χ3v) is 3.45. The number of unbranched alkanes of at least 4 members (excludes halogenated alkanes) is 1. The van der Waals surface area contributed by atoms with Gasteiger partial charge in [-0.3, -0.25) is 4.98 Å². The number of allylic oxidation sites excluding steroid dienone is 4. The van der Waals surface area contributed by atoms with Crippen LogP contribution >= 0.6 is 0 Å². The minimum absolute atomic E-state index is 1.02. The average Bonchev–Trinajstić information content (AvgIpc) is 2.39. The molecule has 0 N–H and O–H groups in total. The smallest absolute Gasteiger partial charge is 0.0454 e. The number of pyridine rings is 1. The van der Waals surface area contributed by atoms with Crippen LogP contribution in [0.5, 0.6) is 0 Å². The summed E-state index contributed by atoms with van der Waals surface area (Å²) in [7, 11) is 0. The van der Waals surface area contributed by atoms with E-state index in [9.17, 15) is 0 Å². The lowest BCUT2D eigenvalue weighted by Crippen LogP contribution is -1.98. The molecule has 0 atom stereocenters. The van der Waals surface area contributed by atoms with Crippen LogP contribution in [0.25, 0.3) is 5.57 Å². The van der Waals surface area contributed by atoms with Crippen LogP contribution in [0.15, 0.2) is 42.5 Å². The highest BCUT2D eigenvalue weighted by atomic mass is 14.7. The molecule has 0 bridgehead atoms. The maximum absolute atomic E-state index is 4.54. The Hall–Kier alpha value is -1.63. The van der Waals surface area contributed by atoms with E-state index in [1.54, 1.807) is 0 Å². The minimum Gasteiger partial charge on any atom is -0.258 e. The monoisotopic (exact) mass is 269 g/mol. The van der Waals surface area contributed by atoms with Gasteiger partial charge in [0, 0.05) is 17.0 Å². The predicted molar refractivity (Wildman–Crippen MR) is 89.8 cm³/mol. The van der Waals surface area contributed by atoms with Crippen molar-refractivity contribution in [1.29, 1.82) is 0 Å². The van der Waals surface area contributed by atoms with Gasteiger partial charge in [-0.05, 0) is 49.5 Å². The summed E-state index contributed by atoms with van der Waals surface area (Å²) in [5.41, 5.74) is 6.68. The van der Waals surface area contributed by atoms with Crippen LogP contribution in [-0.4, -0.2) is 4.98 Å². The Labute approximate surface area is 124 Å². The minimum atomic E-state index is 1.02. The number of rotatable bonds is 7. The highest BCUT2D eigenvalue weighted by Gasteiger charge is 2.11. The van der Waals surface area contributed by atoms with Gasteiger partial charge in [0.15, 0.2) is 0 Å². The van der Waals surface area contributed by atoms with Crippen LogP contribution in [0.1, 0.15) is 56.5 Å².